The third-order valence-electron chi connectivity index (χ3n) is 4.95. The van der Waals surface area contributed by atoms with Crippen LogP contribution in [0.4, 0.5) is 0 Å². The van der Waals surface area contributed by atoms with Crippen molar-refractivity contribution >= 4 is 22.8 Å². The van der Waals surface area contributed by atoms with Crippen LogP contribution in [0.1, 0.15) is 34.5 Å². The van der Waals surface area contributed by atoms with E-state index in [2.05, 4.69) is 0 Å². The van der Waals surface area contributed by atoms with Gasteiger partial charge in [-0.15, -0.1) is 0 Å². The van der Waals surface area contributed by atoms with Gasteiger partial charge < -0.3 is 9.84 Å². The third kappa shape index (κ3) is 3.58. The lowest BCUT2D eigenvalue weighted by atomic mass is 10.1. The van der Waals surface area contributed by atoms with Crippen molar-refractivity contribution in [3.63, 3.8) is 0 Å². The average molecular weight is 363 g/mol. The van der Waals surface area contributed by atoms with E-state index in [1.54, 1.807) is 28.8 Å². The smallest absolute Gasteiger partial charge is 0.307 e. The SMILES string of the molecule is Cc1cc2c(CC(=O)O)cccc2n1C(=O)c1ccc(OCC2CC2)cc1. The minimum Gasteiger partial charge on any atom is -0.493 e. The predicted octanol–water partition coefficient (Wildman–Crippen LogP) is 4.05. The highest BCUT2D eigenvalue weighted by Gasteiger charge is 2.22. The van der Waals surface area contributed by atoms with E-state index < -0.39 is 5.97 Å². The first kappa shape index (κ1) is 17.3. The summed E-state index contributed by atoms with van der Waals surface area (Å²) in [6.07, 6.45) is 2.41. The maximum absolute atomic E-state index is 13.1. The summed E-state index contributed by atoms with van der Waals surface area (Å²) in [7, 11) is 0. The fraction of sp³-hybridized carbons (Fsp3) is 0.273. The molecule has 5 heteroatoms. The van der Waals surface area contributed by atoms with Gasteiger partial charge in [-0.1, -0.05) is 12.1 Å². The summed E-state index contributed by atoms with van der Waals surface area (Å²) in [5.41, 5.74) is 2.78. The standard InChI is InChI=1S/C22H21NO4/c1-14-11-19-17(12-21(24)25)3-2-4-20(19)23(14)22(26)16-7-9-18(10-8-16)27-13-15-5-6-15/h2-4,7-11,15H,5-6,12-13H2,1H3,(H,24,25). The van der Waals surface area contributed by atoms with Gasteiger partial charge in [0.15, 0.2) is 0 Å². The molecule has 5 nitrogen and oxygen atoms in total. The van der Waals surface area contributed by atoms with Crippen molar-refractivity contribution in [2.24, 2.45) is 5.92 Å². The summed E-state index contributed by atoms with van der Waals surface area (Å²) >= 11 is 0. The number of carboxylic acid groups (broad SMARTS) is 1. The number of aryl methyl sites for hydroxylation is 1. The van der Waals surface area contributed by atoms with Crippen LogP contribution in [0.5, 0.6) is 5.75 Å². The molecule has 0 unspecified atom stereocenters. The van der Waals surface area contributed by atoms with Crippen LogP contribution in [0, 0.1) is 12.8 Å². The fourth-order valence-corrected chi connectivity index (χ4v) is 3.33. The Bertz CT molecular complexity index is 1010. The van der Waals surface area contributed by atoms with Crippen molar-refractivity contribution in [1.82, 2.24) is 4.57 Å². The Hall–Kier alpha value is -3.08. The van der Waals surface area contributed by atoms with Gasteiger partial charge in [-0.05, 0) is 67.6 Å². The second-order valence-corrected chi connectivity index (χ2v) is 7.13. The minimum absolute atomic E-state index is 0.0674. The van der Waals surface area contributed by atoms with E-state index in [-0.39, 0.29) is 12.3 Å². The van der Waals surface area contributed by atoms with E-state index in [9.17, 15) is 9.59 Å². The fourth-order valence-electron chi connectivity index (χ4n) is 3.33. The second-order valence-electron chi connectivity index (χ2n) is 7.13. The normalized spacial score (nSPS) is 13.7. The summed E-state index contributed by atoms with van der Waals surface area (Å²) in [4.78, 5) is 24.2. The number of aliphatic carboxylic acids is 1. The Balaban J connectivity index is 1.63. The number of carbonyl (C=O) groups excluding carboxylic acids is 1. The number of benzene rings is 2. The number of ether oxygens (including phenoxy) is 1. The second kappa shape index (κ2) is 6.91. The minimum atomic E-state index is -0.888. The monoisotopic (exact) mass is 363 g/mol. The van der Waals surface area contributed by atoms with Gasteiger partial charge in [-0.3, -0.25) is 14.2 Å². The van der Waals surface area contributed by atoms with Crippen LogP contribution in [0.25, 0.3) is 10.9 Å². The average Bonchev–Trinajstić information content (AvgIpc) is 3.41. The zero-order chi connectivity index (χ0) is 19.0. The lowest BCUT2D eigenvalue weighted by Crippen LogP contribution is -2.13. The summed E-state index contributed by atoms with van der Waals surface area (Å²) in [6.45, 7) is 2.59. The zero-order valence-electron chi connectivity index (χ0n) is 15.1. The van der Waals surface area contributed by atoms with Gasteiger partial charge in [0.1, 0.15) is 5.75 Å². The predicted molar refractivity (Wildman–Crippen MR) is 102 cm³/mol. The highest BCUT2D eigenvalue weighted by molar-refractivity contribution is 6.04. The molecule has 2 aromatic carbocycles. The number of hydrogen-bond donors (Lipinski definition) is 1. The van der Waals surface area contributed by atoms with Crippen LogP contribution in [0.3, 0.4) is 0 Å². The molecule has 0 bridgehead atoms. The molecule has 1 aliphatic rings. The summed E-state index contributed by atoms with van der Waals surface area (Å²) in [6, 6.07) is 14.5. The Kier molecular flexibility index (Phi) is 4.44. The van der Waals surface area contributed by atoms with Crippen molar-refractivity contribution in [3.05, 3.63) is 65.4 Å². The van der Waals surface area contributed by atoms with Gasteiger partial charge >= 0.3 is 5.97 Å². The van der Waals surface area contributed by atoms with Crippen molar-refractivity contribution in [3.8, 4) is 5.75 Å². The van der Waals surface area contributed by atoms with Crippen molar-refractivity contribution in [2.75, 3.05) is 6.61 Å². The number of nitrogens with zero attached hydrogens (tertiary/aromatic N) is 1. The molecule has 0 radical (unpaired) electrons. The molecule has 0 atom stereocenters. The first-order valence-corrected chi connectivity index (χ1v) is 9.12. The molecule has 138 valence electrons. The maximum Gasteiger partial charge on any atom is 0.307 e. The summed E-state index contributed by atoms with van der Waals surface area (Å²) < 4.78 is 7.37. The van der Waals surface area contributed by atoms with Crippen molar-refractivity contribution in [1.29, 1.82) is 0 Å². The Labute approximate surface area is 157 Å². The maximum atomic E-state index is 13.1. The zero-order valence-corrected chi connectivity index (χ0v) is 15.1. The molecule has 4 rings (SSSR count). The quantitative estimate of drug-likeness (QED) is 0.717. The van der Waals surface area contributed by atoms with Crippen LogP contribution >= 0.6 is 0 Å². The highest BCUT2D eigenvalue weighted by atomic mass is 16.5. The van der Waals surface area contributed by atoms with Crippen molar-refractivity contribution < 1.29 is 19.4 Å². The van der Waals surface area contributed by atoms with E-state index >= 15 is 0 Å². The number of carbonyl (C=O) groups is 2. The highest BCUT2D eigenvalue weighted by Crippen LogP contribution is 2.30. The number of rotatable bonds is 6. The van der Waals surface area contributed by atoms with Gasteiger partial charge in [0.2, 0.25) is 0 Å². The summed E-state index contributed by atoms with van der Waals surface area (Å²) in [5, 5.41) is 9.91. The number of fused-ring (bicyclic) bond motifs is 1. The number of carboxylic acids is 1. The lowest BCUT2D eigenvalue weighted by Gasteiger charge is -2.09. The van der Waals surface area contributed by atoms with E-state index in [0.29, 0.717) is 17.0 Å². The van der Waals surface area contributed by atoms with Crippen LogP contribution < -0.4 is 4.74 Å². The van der Waals surface area contributed by atoms with Crippen LogP contribution in [-0.2, 0) is 11.2 Å². The largest absolute Gasteiger partial charge is 0.493 e. The Morgan fingerprint density at radius 2 is 1.89 bits per heavy atom. The van der Waals surface area contributed by atoms with E-state index in [1.807, 2.05) is 31.2 Å². The molecular formula is C22H21NO4. The number of hydrogen-bond acceptors (Lipinski definition) is 3. The molecule has 0 amide bonds. The van der Waals surface area contributed by atoms with E-state index in [1.165, 1.54) is 12.8 Å². The molecule has 3 aromatic rings. The first-order chi connectivity index (χ1) is 13.0. The van der Waals surface area contributed by atoms with Gasteiger partial charge in [-0.25, -0.2) is 0 Å². The molecule has 0 spiro atoms. The van der Waals surface area contributed by atoms with Gasteiger partial charge in [0.25, 0.3) is 5.91 Å². The number of aromatic nitrogens is 1. The lowest BCUT2D eigenvalue weighted by molar-refractivity contribution is -0.136. The molecule has 27 heavy (non-hydrogen) atoms. The van der Waals surface area contributed by atoms with Gasteiger partial charge in [0.05, 0.1) is 18.5 Å². The van der Waals surface area contributed by atoms with E-state index in [4.69, 9.17) is 9.84 Å². The van der Waals surface area contributed by atoms with Crippen LogP contribution in [-0.4, -0.2) is 28.2 Å². The Morgan fingerprint density at radius 1 is 1.15 bits per heavy atom. The molecule has 1 saturated carbocycles. The topological polar surface area (TPSA) is 68.5 Å². The molecule has 1 fully saturated rings. The van der Waals surface area contributed by atoms with Crippen LogP contribution in [0.15, 0.2) is 48.5 Å². The van der Waals surface area contributed by atoms with Gasteiger partial charge in [0, 0.05) is 16.6 Å². The molecule has 0 aliphatic heterocycles. The molecule has 0 saturated heterocycles. The third-order valence-corrected chi connectivity index (χ3v) is 4.95. The van der Waals surface area contributed by atoms with Gasteiger partial charge in [-0.2, -0.15) is 0 Å². The van der Waals surface area contributed by atoms with E-state index in [0.717, 1.165) is 29.0 Å². The Morgan fingerprint density at radius 3 is 2.56 bits per heavy atom. The van der Waals surface area contributed by atoms with Crippen LogP contribution in [0.2, 0.25) is 0 Å². The summed E-state index contributed by atoms with van der Waals surface area (Å²) in [5.74, 6) is 0.432. The molecule has 1 N–H and O–H groups in total. The molecular weight excluding hydrogens is 342 g/mol. The molecule has 1 heterocycles. The first-order valence-electron chi connectivity index (χ1n) is 9.12. The molecule has 1 aliphatic carbocycles. The van der Waals surface area contributed by atoms with Crippen molar-refractivity contribution in [2.45, 2.75) is 26.2 Å². The molecule has 1 aromatic heterocycles.